The Kier molecular flexibility index (Phi) is 2.42. The standard InChI is InChI=1S/C13H19NO3/c1-2-8(13(16)17)14-12(15)11-9-6-3-4-7(5-6)10(9)11/h6-11H,2-5H2,1H3,(H,14,15)(H,16,17)/t6?,7?,8-,9?,10?,11?/m1/s1. The van der Waals surface area contributed by atoms with Crippen LogP contribution in [0.15, 0.2) is 0 Å². The molecule has 0 heterocycles. The fourth-order valence-corrected chi connectivity index (χ4v) is 4.28. The largest absolute Gasteiger partial charge is 0.480 e. The van der Waals surface area contributed by atoms with E-state index < -0.39 is 12.0 Å². The molecule has 2 N–H and O–H groups in total. The van der Waals surface area contributed by atoms with Crippen molar-refractivity contribution in [3.8, 4) is 0 Å². The quantitative estimate of drug-likeness (QED) is 0.773. The van der Waals surface area contributed by atoms with Crippen molar-refractivity contribution in [1.29, 1.82) is 0 Å². The van der Waals surface area contributed by atoms with Gasteiger partial charge in [-0.05, 0) is 49.4 Å². The Labute approximate surface area is 101 Å². The summed E-state index contributed by atoms with van der Waals surface area (Å²) >= 11 is 0. The van der Waals surface area contributed by atoms with E-state index in [2.05, 4.69) is 5.32 Å². The first-order chi connectivity index (χ1) is 8.13. The van der Waals surface area contributed by atoms with E-state index in [1.165, 1.54) is 19.3 Å². The lowest BCUT2D eigenvalue weighted by Crippen LogP contribution is -2.41. The van der Waals surface area contributed by atoms with E-state index in [9.17, 15) is 9.59 Å². The summed E-state index contributed by atoms with van der Waals surface area (Å²) in [5, 5.41) is 11.6. The molecular formula is C13H19NO3. The fourth-order valence-electron chi connectivity index (χ4n) is 4.28. The third-order valence-electron chi connectivity index (χ3n) is 5.06. The van der Waals surface area contributed by atoms with Crippen molar-refractivity contribution >= 4 is 11.9 Å². The highest BCUT2D eigenvalue weighted by atomic mass is 16.4. The van der Waals surface area contributed by atoms with E-state index in [1.54, 1.807) is 6.92 Å². The minimum Gasteiger partial charge on any atom is -0.480 e. The topological polar surface area (TPSA) is 66.4 Å². The molecule has 0 radical (unpaired) electrons. The Balaban J connectivity index is 1.60. The second-order valence-corrected chi connectivity index (χ2v) is 5.82. The summed E-state index contributed by atoms with van der Waals surface area (Å²) in [6, 6.07) is -0.707. The third-order valence-corrected chi connectivity index (χ3v) is 5.06. The van der Waals surface area contributed by atoms with Crippen molar-refractivity contribution in [3.63, 3.8) is 0 Å². The number of hydrogen-bond donors (Lipinski definition) is 2. The maximum Gasteiger partial charge on any atom is 0.326 e. The average Bonchev–Trinajstić information content (AvgIpc) is 2.75. The minimum atomic E-state index is -0.922. The Bertz CT molecular complexity index is 352. The predicted octanol–water partition coefficient (Wildman–Crippen LogP) is 1.26. The van der Waals surface area contributed by atoms with Gasteiger partial charge in [-0.25, -0.2) is 4.79 Å². The van der Waals surface area contributed by atoms with E-state index in [-0.39, 0.29) is 11.8 Å². The van der Waals surface area contributed by atoms with Crippen LogP contribution in [0.3, 0.4) is 0 Å². The molecule has 17 heavy (non-hydrogen) atoms. The highest BCUT2D eigenvalue weighted by molar-refractivity contribution is 5.87. The van der Waals surface area contributed by atoms with E-state index in [0.717, 1.165) is 11.8 Å². The van der Waals surface area contributed by atoms with Gasteiger partial charge >= 0.3 is 5.97 Å². The van der Waals surface area contributed by atoms with Crippen molar-refractivity contribution in [2.45, 2.75) is 38.6 Å². The van der Waals surface area contributed by atoms with Gasteiger partial charge in [0.25, 0.3) is 0 Å². The first kappa shape index (κ1) is 11.1. The molecule has 0 aromatic carbocycles. The summed E-state index contributed by atoms with van der Waals surface area (Å²) in [6.07, 6.45) is 4.34. The number of rotatable bonds is 4. The monoisotopic (exact) mass is 237 g/mol. The van der Waals surface area contributed by atoms with Crippen LogP contribution < -0.4 is 5.32 Å². The number of aliphatic carboxylic acids is 1. The number of amides is 1. The minimum absolute atomic E-state index is 0.00847. The van der Waals surface area contributed by atoms with Crippen LogP contribution in [-0.2, 0) is 9.59 Å². The Morgan fingerprint density at radius 1 is 1.29 bits per heavy atom. The zero-order valence-electron chi connectivity index (χ0n) is 10.1. The molecule has 0 aromatic heterocycles. The molecule has 0 spiro atoms. The molecule has 1 amide bonds. The molecule has 4 unspecified atom stereocenters. The molecule has 0 saturated heterocycles. The molecule has 94 valence electrons. The van der Waals surface area contributed by atoms with Gasteiger partial charge in [0, 0.05) is 5.92 Å². The van der Waals surface area contributed by atoms with Crippen molar-refractivity contribution in [3.05, 3.63) is 0 Å². The Morgan fingerprint density at radius 3 is 2.35 bits per heavy atom. The number of carboxylic acids is 1. The number of carbonyl (C=O) groups excluding carboxylic acids is 1. The lowest BCUT2D eigenvalue weighted by atomic mass is 10.0. The number of nitrogens with one attached hydrogen (secondary N) is 1. The molecule has 4 heteroatoms. The highest BCUT2D eigenvalue weighted by Crippen LogP contribution is 2.69. The average molecular weight is 237 g/mol. The Morgan fingerprint density at radius 2 is 1.88 bits per heavy atom. The van der Waals surface area contributed by atoms with Crippen LogP contribution in [0.4, 0.5) is 0 Å². The van der Waals surface area contributed by atoms with Crippen molar-refractivity contribution < 1.29 is 14.7 Å². The first-order valence-corrected chi connectivity index (χ1v) is 6.66. The molecular weight excluding hydrogens is 218 g/mol. The van der Waals surface area contributed by atoms with Crippen LogP contribution in [-0.4, -0.2) is 23.0 Å². The molecule has 3 aliphatic rings. The molecule has 3 saturated carbocycles. The number of carboxylic acid groups (broad SMARTS) is 1. The highest BCUT2D eigenvalue weighted by Gasteiger charge is 2.67. The maximum atomic E-state index is 12.0. The van der Waals surface area contributed by atoms with Crippen LogP contribution in [0.2, 0.25) is 0 Å². The summed E-state index contributed by atoms with van der Waals surface area (Å²) < 4.78 is 0. The van der Waals surface area contributed by atoms with Crippen LogP contribution in [0, 0.1) is 29.6 Å². The van der Waals surface area contributed by atoms with Gasteiger partial charge in [0.1, 0.15) is 6.04 Å². The zero-order valence-corrected chi connectivity index (χ0v) is 10.1. The molecule has 5 atom stereocenters. The van der Waals surface area contributed by atoms with Gasteiger partial charge in [-0.2, -0.15) is 0 Å². The van der Waals surface area contributed by atoms with E-state index in [4.69, 9.17) is 5.11 Å². The third kappa shape index (κ3) is 1.57. The number of fused-ring (bicyclic) bond motifs is 5. The lowest BCUT2D eigenvalue weighted by Gasteiger charge is -2.14. The van der Waals surface area contributed by atoms with Gasteiger partial charge in [-0.1, -0.05) is 6.92 Å². The second kappa shape index (κ2) is 3.72. The zero-order chi connectivity index (χ0) is 12.2. The predicted molar refractivity (Wildman–Crippen MR) is 61.2 cm³/mol. The van der Waals surface area contributed by atoms with Crippen LogP contribution >= 0.6 is 0 Å². The molecule has 2 bridgehead atoms. The summed E-state index contributed by atoms with van der Waals surface area (Å²) in [7, 11) is 0. The molecule has 0 aromatic rings. The van der Waals surface area contributed by atoms with Gasteiger partial charge in [0.2, 0.25) is 5.91 Å². The second-order valence-electron chi connectivity index (χ2n) is 5.82. The molecule has 4 nitrogen and oxygen atoms in total. The van der Waals surface area contributed by atoms with Gasteiger partial charge < -0.3 is 10.4 Å². The molecule has 3 aliphatic carbocycles. The van der Waals surface area contributed by atoms with Gasteiger partial charge in [-0.15, -0.1) is 0 Å². The smallest absolute Gasteiger partial charge is 0.326 e. The van der Waals surface area contributed by atoms with Crippen LogP contribution in [0.5, 0.6) is 0 Å². The van der Waals surface area contributed by atoms with Gasteiger partial charge in [0.05, 0.1) is 0 Å². The van der Waals surface area contributed by atoms with Crippen molar-refractivity contribution in [2.75, 3.05) is 0 Å². The molecule has 3 fully saturated rings. The summed E-state index contributed by atoms with van der Waals surface area (Å²) in [4.78, 5) is 22.9. The normalized spacial score (nSPS) is 43.0. The van der Waals surface area contributed by atoms with Gasteiger partial charge in [-0.3, -0.25) is 4.79 Å². The molecule has 0 aliphatic heterocycles. The first-order valence-electron chi connectivity index (χ1n) is 6.66. The summed E-state index contributed by atoms with van der Waals surface area (Å²) in [5.41, 5.74) is 0. The lowest BCUT2D eigenvalue weighted by molar-refractivity contribution is -0.142. The number of carbonyl (C=O) groups is 2. The Hall–Kier alpha value is -1.06. The van der Waals surface area contributed by atoms with E-state index >= 15 is 0 Å². The van der Waals surface area contributed by atoms with Crippen molar-refractivity contribution in [2.24, 2.45) is 29.6 Å². The molecule has 3 rings (SSSR count). The number of hydrogen-bond acceptors (Lipinski definition) is 2. The van der Waals surface area contributed by atoms with E-state index in [1.807, 2.05) is 0 Å². The summed E-state index contributed by atoms with van der Waals surface area (Å²) in [5.74, 6) is 1.88. The van der Waals surface area contributed by atoms with Gasteiger partial charge in [0.15, 0.2) is 0 Å². The van der Waals surface area contributed by atoms with Crippen LogP contribution in [0.1, 0.15) is 32.6 Å². The maximum absolute atomic E-state index is 12.0. The van der Waals surface area contributed by atoms with Crippen LogP contribution in [0.25, 0.3) is 0 Å². The SMILES string of the molecule is CC[C@@H](NC(=O)C1C2C3CCC(C3)C12)C(=O)O. The summed E-state index contributed by atoms with van der Waals surface area (Å²) in [6.45, 7) is 1.79. The van der Waals surface area contributed by atoms with Crippen molar-refractivity contribution in [1.82, 2.24) is 5.32 Å². The van der Waals surface area contributed by atoms with E-state index in [0.29, 0.717) is 18.3 Å². The fraction of sp³-hybridized carbons (Fsp3) is 0.846.